The van der Waals surface area contributed by atoms with Crippen molar-refractivity contribution in [1.82, 2.24) is 0 Å². The number of oxime groups is 1. The van der Waals surface area contributed by atoms with E-state index in [4.69, 9.17) is 9.57 Å². The first-order valence-corrected chi connectivity index (χ1v) is 9.66. The summed E-state index contributed by atoms with van der Waals surface area (Å²) in [6.07, 6.45) is 1.72. The molecular weight excluding hydrogens is 518 g/mol. The van der Waals surface area contributed by atoms with Gasteiger partial charge in [0.05, 0.1) is 15.8 Å². The molecule has 0 amide bonds. The van der Waals surface area contributed by atoms with Crippen LogP contribution in [0.3, 0.4) is 0 Å². The van der Waals surface area contributed by atoms with Gasteiger partial charge in [-0.05, 0) is 58.8 Å². The lowest BCUT2D eigenvalue weighted by atomic mass is 10.1. The lowest BCUT2D eigenvalue weighted by Gasteiger charge is -2.13. The Morgan fingerprint density at radius 3 is 2.48 bits per heavy atom. The van der Waals surface area contributed by atoms with Gasteiger partial charge in [0.2, 0.25) is 0 Å². The van der Waals surface area contributed by atoms with Gasteiger partial charge in [0.1, 0.15) is 12.4 Å². The van der Waals surface area contributed by atoms with Gasteiger partial charge in [0.15, 0.2) is 0 Å². The third-order valence-electron chi connectivity index (χ3n) is 3.51. The fourth-order valence-corrected chi connectivity index (χ4v) is 3.89. The van der Waals surface area contributed by atoms with E-state index in [1.54, 1.807) is 13.0 Å². The van der Waals surface area contributed by atoms with Crippen molar-refractivity contribution in [1.29, 1.82) is 0 Å². The van der Waals surface area contributed by atoms with Crippen molar-refractivity contribution in [2.24, 2.45) is 5.16 Å². The minimum absolute atomic E-state index is 0.404. The van der Waals surface area contributed by atoms with E-state index >= 15 is 0 Å². The van der Waals surface area contributed by atoms with Crippen molar-refractivity contribution < 1.29 is 14.4 Å². The fraction of sp³-hybridized carbons (Fsp3) is 0.111. The summed E-state index contributed by atoms with van der Waals surface area (Å²) in [5.74, 6) is 0.179. The molecule has 7 heteroatoms. The summed E-state index contributed by atoms with van der Waals surface area (Å²) in [4.78, 5) is 16.5. The first kappa shape index (κ1) is 18.4. The van der Waals surface area contributed by atoms with Crippen LogP contribution in [0.1, 0.15) is 18.1 Å². The summed E-state index contributed by atoms with van der Waals surface area (Å²) < 4.78 is 8.67. The lowest BCUT2D eigenvalue weighted by molar-refractivity contribution is -0.136. The van der Waals surface area contributed by atoms with Gasteiger partial charge in [-0.3, -0.25) is 0 Å². The molecule has 25 heavy (non-hydrogen) atoms. The van der Waals surface area contributed by atoms with Crippen LogP contribution in [-0.4, -0.2) is 11.7 Å². The van der Waals surface area contributed by atoms with Crippen LogP contribution >= 0.6 is 47.8 Å². The summed E-state index contributed by atoms with van der Waals surface area (Å²) in [5, 5.41) is 3.70. The summed E-state index contributed by atoms with van der Waals surface area (Å²) in [6, 6.07) is 11.7. The zero-order chi connectivity index (χ0) is 18.0. The lowest BCUT2D eigenvalue weighted by Crippen LogP contribution is -2.03. The number of nitrogens with zero attached hydrogens (tertiary/aromatic N) is 1. The molecule has 2 aromatic rings. The second-order valence-electron chi connectivity index (χ2n) is 5.33. The summed E-state index contributed by atoms with van der Waals surface area (Å²) in [5.41, 5.74) is 2.75. The smallest absolute Gasteiger partial charge is 0.367 e. The van der Waals surface area contributed by atoms with Gasteiger partial charge in [-0.2, -0.15) is 0 Å². The maximum Gasteiger partial charge on any atom is 0.367 e. The molecule has 0 saturated heterocycles. The average molecular weight is 530 g/mol. The highest BCUT2D eigenvalue weighted by Crippen LogP contribution is 2.35. The number of hydrogen-bond acceptors (Lipinski definition) is 4. The summed E-state index contributed by atoms with van der Waals surface area (Å²) >= 11 is 10.4. The second kappa shape index (κ2) is 7.85. The molecule has 0 aromatic heterocycles. The first-order valence-electron chi connectivity index (χ1n) is 7.28. The van der Waals surface area contributed by atoms with Crippen LogP contribution in [0.2, 0.25) is 0 Å². The Morgan fingerprint density at radius 2 is 1.84 bits per heavy atom. The molecule has 0 aliphatic carbocycles. The molecule has 0 radical (unpaired) electrons. The van der Waals surface area contributed by atoms with E-state index in [1.165, 1.54) is 0 Å². The van der Waals surface area contributed by atoms with Crippen LogP contribution < -0.4 is 4.74 Å². The first-order chi connectivity index (χ1) is 11.9. The van der Waals surface area contributed by atoms with E-state index in [-0.39, 0.29) is 0 Å². The van der Waals surface area contributed by atoms with Gasteiger partial charge in [0.25, 0.3) is 0 Å². The van der Waals surface area contributed by atoms with Crippen LogP contribution in [-0.2, 0) is 16.2 Å². The van der Waals surface area contributed by atoms with Crippen LogP contribution in [0.5, 0.6) is 5.75 Å². The zero-order valence-corrected chi connectivity index (χ0v) is 17.8. The minimum Gasteiger partial charge on any atom is -0.487 e. The van der Waals surface area contributed by atoms with Crippen LogP contribution in [0.15, 0.2) is 60.5 Å². The van der Waals surface area contributed by atoms with E-state index in [2.05, 4.69) is 52.9 Å². The maximum absolute atomic E-state index is 11.8. The molecule has 0 N–H and O–H groups in total. The molecule has 0 fully saturated rings. The van der Waals surface area contributed by atoms with Crippen LogP contribution in [0.4, 0.5) is 0 Å². The van der Waals surface area contributed by atoms with Crippen molar-refractivity contribution in [3.05, 3.63) is 66.5 Å². The predicted molar refractivity (Wildman–Crippen MR) is 107 cm³/mol. The number of halogens is 3. The monoisotopic (exact) mass is 527 g/mol. The fourth-order valence-electron chi connectivity index (χ4n) is 2.25. The third kappa shape index (κ3) is 4.40. The van der Waals surface area contributed by atoms with Crippen molar-refractivity contribution in [3.63, 3.8) is 0 Å². The van der Waals surface area contributed by atoms with E-state index in [9.17, 15) is 4.79 Å². The molecule has 2 aromatic carbocycles. The van der Waals surface area contributed by atoms with Crippen LogP contribution in [0.25, 0.3) is 6.08 Å². The Morgan fingerprint density at radius 1 is 1.12 bits per heavy atom. The molecule has 1 heterocycles. The topological polar surface area (TPSA) is 47.9 Å². The maximum atomic E-state index is 11.8. The molecule has 0 spiro atoms. The highest BCUT2D eigenvalue weighted by molar-refractivity contribution is 9.11. The van der Waals surface area contributed by atoms with Gasteiger partial charge >= 0.3 is 5.97 Å². The van der Waals surface area contributed by atoms with Crippen molar-refractivity contribution >= 4 is 65.5 Å². The molecule has 1 aliphatic rings. The average Bonchev–Trinajstić information content (AvgIpc) is 2.87. The highest BCUT2D eigenvalue weighted by Gasteiger charge is 2.23. The molecule has 0 unspecified atom stereocenters. The summed E-state index contributed by atoms with van der Waals surface area (Å²) in [6.45, 7) is 2.13. The van der Waals surface area contributed by atoms with E-state index in [1.807, 2.05) is 36.4 Å². The number of carbonyl (C=O) groups excluding carboxylic acids is 1. The van der Waals surface area contributed by atoms with Gasteiger partial charge in [-0.1, -0.05) is 49.1 Å². The predicted octanol–water partition coefficient (Wildman–Crippen LogP) is 5.87. The molecule has 3 rings (SSSR count). The van der Waals surface area contributed by atoms with Gasteiger partial charge in [0, 0.05) is 14.5 Å². The summed E-state index contributed by atoms with van der Waals surface area (Å²) in [7, 11) is 0. The molecule has 1 aliphatic heterocycles. The Labute approximate surface area is 170 Å². The van der Waals surface area contributed by atoms with Crippen molar-refractivity contribution in [2.75, 3.05) is 0 Å². The van der Waals surface area contributed by atoms with Crippen LogP contribution in [0, 0.1) is 0 Å². The minimum atomic E-state index is -0.465. The number of hydrogen-bond donors (Lipinski definition) is 0. The Hall–Kier alpha value is -1.44. The molecule has 4 nitrogen and oxygen atoms in total. The quantitative estimate of drug-likeness (QED) is 0.368. The van der Waals surface area contributed by atoms with Crippen molar-refractivity contribution in [3.8, 4) is 5.75 Å². The molecule has 128 valence electrons. The van der Waals surface area contributed by atoms with E-state index in [0.717, 1.165) is 24.5 Å². The molecule has 0 saturated carbocycles. The zero-order valence-electron chi connectivity index (χ0n) is 13.1. The standard InChI is InChI=1S/C18H12Br3NO3/c1-10-15(18(23)25-22-10)7-12-6-14(20)8-16(21)17(12)24-9-11-2-4-13(19)5-3-11/h2-8H,9H2,1H3/b15-7-. The van der Waals surface area contributed by atoms with Gasteiger partial charge in [-0.15, -0.1) is 0 Å². The van der Waals surface area contributed by atoms with E-state index < -0.39 is 5.97 Å². The highest BCUT2D eigenvalue weighted by atomic mass is 79.9. The van der Waals surface area contributed by atoms with Gasteiger partial charge < -0.3 is 9.57 Å². The number of rotatable bonds is 4. The van der Waals surface area contributed by atoms with Gasteiger partial charge in [-0.25, -0.2) is 4.79 Å². The Bertz CT molecular complexity index is 889. The molecular formula is C18H12Br3NO3. The second-order valence-corrected chi connectivity index (χ2v) is 8.02. The molecule has 0 bridgehead atoms. The normalized spacial score (nSPS) is 15.3. The largest absolute Gasteiger partial charge is 0.487 e. The number of carbonyl (C=O) groups is 1. The number of benzene rings is 2. The SMILES string of the molecule is CC1=NOC(=O)/C1=C\c1cc(Br)cc(Br)c1OCc1ccc(Br)cc1. The third-order valence-corrected chi connectivity index (χ3v) is 5.08. The Kier molecular flexibility index (Phi) is 5.76. The van der Waals surface area contributed by atoms with E-state index in [0.29, 0.717) is 23.6 Å². The Balaban J connectivity index is 1.93. The van der Waals surface area contributed by atoms with Crippen molar-refractivity contribution in [2.45, 2.75) is 13.5 Å². The number of ether oxygens (including phenoxy) is 1. The molecule has 0 atom stereocenters.